The van der Waals surface area contributed by atoms with E-state index < -0.39 is 0 Å². The van der Waals surface area contributed by atoms with Crippen LogP contribution in [0.2, 0.25) is 5.02 Å². The van der Waals surface area contributed by atoms with Crippen LogP contribution in [0.4, 0.5) is 0 Å². The molecule has 0 atom stereocenters. The first-order valence-electron chi connectivity index (χ1n) is 6.10. The van der Waals surface area contributed by atoms with E-state index in [1.54, 1.807) is 0 Å². The van der Waals surface area contributed by atoms with Crippen molar-refractivity contribution in [2.75, 3.05) is 6.54 Å². The summed E-state index contributed by atoms with van der Waals surface area (Å²) in [6.07, 6.45) is 3.70. The fourth-order valence-corrected chi connectivity index (χ4v) is 2.27. The van der Waals surface area contributed by atoms with Gasteiger partial charge in [0.15, 0.2) is 0 Å². The summed E-state index contributed by atoms with van der Waals surface area (Å²) in [7, 11) is 0. The largest absolute Gasteiger partial charge is 0.312 e. The Hall–Kier alpha value is -1.45. The van der Waals surface area contributed by atoms with E-state index in [4.69, 9.17) is 11.6 Å². The lowest BCUT2D eigenvalue weighted by atomic mass is 10.1. The molecule has 0 fully saturated rings. The van der Waals surface area contributed by atoms with E-state index >= 15 is 0 Å². The summed E-state index contributed by atoms with van der Waals surface area (Å²) in [6, 6.07) is 7.85. The molecule has 0 saturated heterocycles. The first-order valence-corrected chi connectivity index (χ1v) is 6.48. The molecular weight excluding hydrogens is 246 g/mol. The monoisotopic (exact) mass is 259 g/mol. The highest BCUT2D eigenvalue weighted by Crippen LogP contribution is 2.14. The van der Waals surface area contributed by atoms with Crippen LogP contribution in [0.3, 0.4) is 0 Å². The normalized spacial score (nSPS) is 14.3. The van der Waals surface area contributed by atoms with E-state index in [2.05, 4.69) is 15.3 Å². The highest BCUT2D eigenvalue weighted by molar-refractivity contribution is 6.30. The summed E-state index contributed by atoms with van der Waals surface area (Å²) >= 11 is 5.87. The van der Waals surface area contributed by atoms with Crippen molar-refractivity contribution in [1.29, 1.82) is 0 Å². The average Bonchev–Trinajstić information content (AvgIpc) is 2.41. The zero-order valence-electron chi connectivity index (χ0n) is 9.99. The summed E-state index contributed by atoms with van der Waals surface area (Å²) in [5, 5.41) is 4.08. The fourth-order valence-electron chi connectivity index (χ4n) is 2.15. The smallest absolute Gasteiger partial charge is 0.132 e. The van der Waals surface area contributed by atoms with Crippen LogP contribution in [0.5, 0.6) is 0 Å². The Bertz CT molecular complexity index is 551. The van der Waals surface area contributed by atoms with Gasteiger partial charge >= 0.3 is 0 Å². The van der Waals surface area contributed by atoms with Crippen LogP contribution in [0.15, 0.2) is 30.5 Å². The third kappa shape index (κ3) is 2.52. The minimum absolute atomic E-state index is 0.760. The van der Waals surface area contributed by atoms with Gasteiger partial charge in [-0.25, -0.2) is 9.97 Å². The lowest BCUT2D eigenvalue weighted by molar-refractivity contribution is 0.621. The summed E-state index contributed by atoms with van der Waals surface area (Å²) in [5.74, 6) is 0.887. The van der Waals surface area contributed by atoms with E-state index in [0.29, 0.717) is 0 Å². The first-order chi connectivity index (χ1) is 8.81. The zero-order valence-corrected chi connectivity index (χ0v) is 10.7. The van der Waals surface area contributed by atoms with Crippen LogP contribution in [0.25, 0.3) is 0 Å². The van der Waals surface area contributed by atoms with Gasteiger partial charge in [-0.1, -0.05) is 23.7 Å². The Balaban J connectivity index is 1.82. The molecule has 0 aliphatic carbocycles. The molecule has 0 spiro atoms. The van der Waals surface area contributed by atoms with Gasteiger partial charge in [0.2, 0.25) is 0 Å². The number of hydrogen-bond acceptors (Lipinski definition) is 3. The van der Waals surface area contributed by atoms with Gasteiger partial charge in [-0.2, -0.15) is 0 Å². The minimum Gasteiger partial charge on any atom is -0.312 e. The van der Waals surface area contributed by atoms with Crippen molar-refractivity contribution < 1.29 is 0 Å². The Morgan fingerprint density at radius 2 is 2.06 bits per heavy atom. The highest BCUT2D eigenvalue weighted by atomic mass is 35.5. The quantitative estimate of drug-likeness (QED) is 0.900. The summed E-state index contributed by atoms with van der Waals surface area (Å²) < 4.78 is 0. The van der Waals surface area contributed by atoms with E-state index in [1.807, 2.05) is 30.5 Å². The second kappa shape index (κ2) is 5.04. The Morgan fingerprint density at radius 1 is 1.22 bits per heavy atom. The highest BCUT2D eigenvalue weighted by Gasteiger charge is 2.11. The molecule has 2 heterocycles. The molecule has 0 amide bonds. The fraction of sp³-hybridized carbons (Fsp3) is 0.286. The van der Waals surface area contributed by atoms with Crippen LogP contribution in [0.1, 0.15) is 22.6 Å². The lowest BCUT2D eigenvalue weighted by Gasteiger charge is -2.16. The molecule has 3 nitrogen and oxygen atoms in total. The molecule has 1 aromatic carbocycles. The van der Waals surface area contributed by atoms with Gasteiger partial charge < -0.3 is 5.32 Å². The molecule has 4 heteroatoms. The van der Waals surface area contributed by atoms with Crippen molar-refractivity contribution in [1.82, 2.24) is 15.3 Å². The molecule has 0 unspecified atom stereocenters. The molecule has 0 bridgehead atoms. The van der Waals surface area contributed by atoms with E-state index in [1.165, 1.54) is 16.8 Å². The summed E-state index contributed by atoms with van der Waals surface area (Å²) in [4.78, 5) is 9.07. The standard InChI is InChI=1S/C14H14ClN3/c15-12-3-1-10(2-4-12)7-14-17-9-11-8-16-6-5-13(11)18-14/h1-4,9,16H,5-8H2. The van der Waals surface area contributed by atoms with E-state index in [0.717, 1.165) is 36.8 Å². The number of fused-ring (bicyclic) bond motifs is 1. The van der Waals surface area contributed by atoms with Crippen molar-refractivity contribution >= 4 is 11.6 Å². The van der Waals surface area contributed by atoms with E-state index in [-0.39, 0.29) is 0 Å². The van der Waals surface area contributed by atoms with Crippen molar-refractivity contribution in [2.24, 2.45) is 0 Å². The van der Waals surface area contributed by atoms with Gasteiger partial charge in [-0.3, -0.25) is 0 Å². The molecule has 1 N–H and O–H groups in total. The summed E-state index contributed by atoms with van der Waals surface area (Å²) in [6.45, 7) is 1.89. The molecule has 0 radical (unpaired) electrons. The Labute approximate surface area is 111 Å². The maximum absolute atomic E-state index is 5.87. The third-order valence-electron chi connectivity index (χ3n) is 3.13. The SMILES string of the molecule is Clc1ccc(Cc2ncc3c(n2)CCNC3)cc1. The molecule has 3 rings (SSSR count). The molecule has 0 saturated carbocycles. The minimum atomic E-state index is 0.760. The van der Waals surface area contributed by atoms with Gasteiger partial charge in [0, 0.05) is 48.4 Å². The maximum atomic E-state index is 5.87. The van der Waals surface area contributed by atoms with Crippen molar-refractivity contribution in [2.45, 2.75) is 19.4 Å². The van der Waals surface area contributed by atoms with Gasteiger partial charge in [0.25, 0.3) is 0 Å². The maximum Gasteiger partial charge on any atom is 0.132 e. The predicted octanol–water partition coefficient (Wildman–Crippen LogP) is 2.37. The average molecular weight is 260 g/mol. The molecule has 1 aliphatic heterocycles. The Kier molecular flexibility index (Phi) is 3.26. The van der Waals surface area contributed by atoms with Crippen molar-refractivity contribution in [3.8, 4) is 0 Å². The number of hydrogen-bond donors (Lipinski definition) is 1. The van der Waals surface area contributed by atoms with Gasteiger partial charge in [0.1, 0.15) is 5.82 Å². The molecule has 92 valence electrons. The van der Waals surface area contributed by atoms with Crippen LogP contribution in [-0.4, -0.2) is 16.5 Å². The number of nitrogens with one attached hydrogen (secondary N) is 1. The number of nitrogens with zero attached hydrogens (tertiary/aromatic N) is 2. The predicted molar refractivity (Wildman–Crippen MR) is 71.7 cm³/mol. The number of benzene rings is 1. The Morgan fingerprint density at radius 3 is 2.89 bits per heavy atom. The first kappa shape index (κ1) is 11.6. The molecule has 1 aromatic heterocycles. The second-order valence-corrected chi connectivity index (χ2v) is 4.92. The number of halogens is 1. The van der Waals surface area contributed by atoms with E-state index in [9.17, 15) is 0 Å². The molecular formula is C14H14ClN3. The van der Waals surface area contributed by atoms with Crippen LogP contribution < -0.4 is 5.32 Å². The third-order valence-corrected chi connectivity index (χ3v) is 3.39. The molecule has 18 heavy (non-hydrogen) atoms. The van der Waals surface area contributed by atoms with Gasteiger partial charge in [-0.15, -0.1) is 0 Å². The van der Waals surface area contributed by atoms with Crippen molar-refractivity contribution in [3.63, 3.8) is 0 Å². The molecule has 1 aliphatic rings. The van der Waals surface area contributed by atoms with Crippen LogP contribution in [-0.2, 0) is 19.4 Å². The second-order valence-electron chi connectivity index (χ2n) is 4.49. The number of aromatic nitrogens is 2. The molecule has 2 aromatic rings. The van der Waals surface area contributed by atoms with Gasteiger partial charge in [-0.05, 0) is 17.7 Å². The van der Waals surface area contributed by atoms with Gasteiger partial charge in [0.05, 0.1) is 0 Å². The van der Waals surface area contributed by atoms with Crippen molar-refractivity contribution in [3.05, 3.63) is 58.1 Å². The topological polar surface area (TPSA) is 37.8 Å². The summed E-state index contributed by atoms with van der Waals surface area (Å²) in [5.41, 5.74) is 3.60. The lowest BCUT2D eigenvalue weighted by Crippen LogP contribution is -2.25. The van der Waals surface area contributed by atoms with Crippen LogP contribution in [0, 0.1) is 0 Å². The number of rotatable bonds is 2. The zero-order chi connectivity index (χ0) is 12.4. The van der Waals surface area contributed by atoms with Crippen LogP contribution >= 0.6 is 11.6 Å².